The molecule has 6 aromatic rings. The molecule has 0 radical (unpaired) electrons. The van der Waals surface area contributed by atoms with Crippen molar-refractivity contribution in [2.75, 3.05) is 0 Å². The number of nitro groups is 2. The number of rotatable bonds is 5. The van der Waals surface area contributed by atoms with Crippen LogP contribution in [0.3, 0.4) is 0 Å². The minimum absolute atomic E-state index is 0.00161. The largest absolute Gasteiger partial charge is 0.436 e. The number of fused-ring (bicyclic) bond motifs is 2. The molecule has 0 aliphatic rings. The Kier molecular flexibility index (Phi) is 6.75. The molecule has 0 aliphatic heterocycles. The van der Waals surface area contributed by atoms with Gasteiger partial charge in [-0.15, -0.1) is 0 Å². The van der Waals surface area contributed by atoms with E-state index in [1.807, 2.05) is 66.7 Å². The molecule has 6 rings (SSSR count). The van der Waals surface area contributed by atoms with Crippen LogP contribution >= 0.6 is 0 Å². The van der Waals surface area contributed by atoms with E-state index in [1.54, 1.807) is 6.07 Å². The molecule has 0 spiro atoms. The van der Waals surface area contributed by atoms with Gasteiger partial charge in [-0.3, -0.25) is 20.2 Å². The van der Waals surface area contributed by atoms with Crippen molar-refractivity contribution in [3.63, 3.8) is 0 Å². The molecule has 4 aromatic carbocycles. The smallest absolute Gasteiger partial charge is 0.277 e. The van der Waals surface area contributed by atoms with Crippen molar-refractivity contribution in [3.05, 3.63) is 117 Å². The zero-order chi connectivity index (χ0) is 27.4. The highest BCUT2D eigenvalue weighted by atomic mass is 16.6. The first-order valence-electron chi connectivity index (χ1n) is 11.5. The average Bonchev–Trinajstić information content (AvgIpc) is 3.59. The van der Waals surface area contributed by atoms with Gasteiger partial charge in [0.25, 0.3) is 11.4 Å². The second kappa shape index (κ2) is 10.6. The van der Waals surface area contributed by atoms with Crippen LogP contribution in [0, 0.1) is 31.6 Å². The molecule has 0 bridgehead atoms. The number of nitrogens with zero attached hydrogens (tertiary/aromatic N) is 5. The molecule has 190 valence electrons. The van der Waals surface area contributed by atoms with Crippen LogP contribution in [0.2, 0.25) is 0 Å². The summed E-state index contributed by atoms with van der Waals surface area (Å²) in [5, 5.41) is 30.6. The Hall–Kier alpha value is -5.89. The fourth-order valence-electron chi connectivity index (χ4n) is 3.89. The summed E-state index contributed by atoms with van der Waals surface area (Å²) in [6.45, 7) is 0. The third kappa shape index (κ3) is 5.16. The van der Waals surface area contributed by atoms with Gasteiger partial charge in [0, 0.05) is 23.3 Å². The summed E-state index contributed by atoms with van der Waals surface area (Å²) >= 11 is 0. The lowest BCUT2D eigenvalue weighted by molar-refractivity contribution is -0.385. The van der Waals surface area contributed by atoms with Gasteiger partial charge in [0.05, 0.1) is 34.0 Å². The first kappa shape index (κ1) is 24.8. The van der Waals surface area contributed by atoms with Crippen LogP contribution in [-0.2, 0) is 6.42 Å². The van der Waals surface area contributed by atoms with Crippen molar-refractivity contribution < 1.29 is 18.7 Å². The first-order valence-corrected chi connectivity index (χ1v) is 11.5. The lowest BCUT2D eigenvalue weighted by atomic mass is 10.1. The Morgan fingerprint density at radius 3 is 1.92 bits per heavy atom. The molecule has 0 N–H and O–H groups in total. The molecule has 11 nitrogen and oxygen atoms in total. The first-order chi connectivity index (χ1) is 18.9. The number of benzene rings is 4. The molecular weight excluding hydrogens is 502 g/mol. The minimum Gasteiger partial charge on any atom is -0.436 e. The number of nitro benzene ring substituents is 2. The molecule has 0 aliphatic carbocycles. The molecular formula is C28H17N5O6. The monoisotopic (exact) mass is 519 g/mol. The standard InChI is InChI=1S/C15H9N3O3.C13H8N2O3/c16-9-8-11-13(18(19)20)7-6-12-14(11)21-15(17-12)10-4-2-1-3-5-10;16-15(17)10-6-7-11-12(8-10)18-13(14-11)9-4-2-1-3-5-9/h1-7H,8H2;1-8H. The normalized spacial score (nSPS) is 10.5. The molecule has 0 fully saturated rings. The Labute approximate surface area is 219 Å². The Morgan fingerprint density at radius 1 is 0.744 bits per heavy atom. The van der Waals surface area contributed by atoms with E-state index >= 15 is 0 Å². The maximum Gasteiger partial charge on any atom is 0.277 e. The van der Waals surface area contributed by atoms with Crippen LogP contribution in [0.4, 0.5) is 11.4 Å². The van der Waals surface area contributed by atoms with Gasteiger partial charge in [0.1, 0.15) is 11.0 Å². The summed E-state index contributed by atoms with van der Waals surface area (Å²) in [6, 6.07) is 27.9. The number of hydrogen-bond donors (Lipinski definition) is 0. The van der Waals surface area contributed by atoms with Crippen molar-refractivity contribution >= 4 is 33.6 Å². The van der Waals surface area contributed by atoms with E-state index in [-0.39, 0.29) is 23.4 Å². The third-order valence-electron chi connectivity index (χ3n) is 5.71. The van der Waals surface area contributed by atoms with Gasteiger partial charge in [-0.2, -0.15) is 5.26 Å². The van der Waals surface area contributed by atoms with E-state index in [4.69, 9.17) is 14.1 Å². The van der Waals surface area contributed by atoms with Crippen LogP contribution in [0.5, 0.6) is 0 Å². The van der Waals surface area contributed by atoms with Gasteiger partial charge >= 0.3 is 0 Å². The zero-order valence-electron chi connectivity index (χ0n) is 20.1. The molecule has 0 unspecified atom stereocenters. The minimum atomic E-state index is -0.517. The van der Waals surface area contributed by atoms with Crippen LogP contribution in [0.1, 0.15) is 5.56 Å². The van der Waals surface area contributed by atoms with Crippen molar-refractivity contribution in [1.29, 1.82) is 5.26 Å². The molecule has 0 saturated heterocycles. The van der Waals surface area contributed by atoms with Crippen LogP contribution < -0.4 is 0 Å². The third-order valence-corrected chi connectivity index (χ3v) is 5.71. The number of oxazole rings is 2. The molecule has 0 amide bonds. The summed E-state index contributed by atoms with van der Waals surface area (Å²) in [6.07, 6.45) is -0.100. The highest BCUT2D eigenvalue weighted by Gasteiger charge is 2.21. The van der Waals surface area contributed by atoms with Crippen LogP contribution in [0.25, 0.3) is 45.1 Å². The van der Waals surface area contributed by atoms with Crippen molar-refractivity contribution in [2.45, 2.75) is 6.42 Å². The van der Waals surface area contributed by atoms with E-state index in [1.165, 1.54) is 24.3 Å². The predicted octanol–water partition coefficient (Wildman–Crippen LogP) is 6.87. The molecule has 2 aromatic heterocycles. The van der Waals surface area contributed by atoms with E-state index in [0.29, 0.717) is 34.0 Å². The maximum absolute atomic E-state index is 11.1. The van der Waals surface area contributed by atoms with Crippen molar-refractivity contribution in [3.8, 4) is 29.0 Å². The quantitative estimate of drug-likeness (QED) is 0.175. The van der Waals surface area contributed by atoms with Gasteiger partial charge in [0.15, 0.2) is 11.2 Å². The van der Waals surface area contributed by atoms with E-state index in [9.17, 15) is 20.2 Å². The number of hydrogen-bond acceptors (Lipinski definition) is 9. The Bertz CT molecular complexity index is 1860. The van der Waals surface area contributed by atoms with Crippen LogP contribution in [0.15, 0.2) is 99.8 Å². The van der Waals surface area contributed by atoms with Gasteiger partial charge in [-0.1, -0.05) is 36.4 Å². The van der Waals surface area contributed by atoms with E-state index < -0.39 is 9.85 Å². The lowest BCUT2D eigenvalue weighted by Gasteiger charge is -1.98. The number of aromatic nitrogens is 2. The Balaban J connectivity index is 0.000000160. The molecule has 2 heterocycles. The van der Waals surface area contributed by atoms with Crippen LogP contribution in [-0.4, -0.2) is 19.8 Å². The second-order valence-electron chi connectivity index (χ2n) is 8.18. The van der Waals surface area contributed by atoms with Gasteiger partial charge in [0.2, 0.25) is 11.8 Å². The summed E-state index contributed by atoms with van der Waals surface area (Å²) in [7, 11) is 0. The summed E-state index contributed by atoms with van der Waals surface area (Å²) in [4.78, 5) is 29.4. The summed E-state index contributed by atoms with van der Waals surface area (Å²) in [5.41, 5.74) is 3.58. The highest BCUT2D eigenvalue weighted by molar-refractivity contribution is 5.83. The fraction of sp³-hybridized carbons (Fsp3) is 0.0357. The second-order valence-corrected chi connectivity index (χ2v) is 8.18. The summed E-state index contributed by atoms with van der Waals surface area (Å²) in [5.74, 6) is 0.844. The fourth-order valence-corrected chi connectivity index (χ4v) is 3.89. The maximum atomic E-state index is 11.1. The van der Waals surface area contributed by atoms with E-state index in [0.717, 1.165) is 11.1 Å². The number of nitriles is 1. The van der Waals surface area contributed by atoms with Gasteiger partial charge < -0.3 is 8.83 Å². The lowest BCUT2D eigenvalue weighted by Crippen LogP contribution is -1.95. The van der Waals surface area contributed by atoms with E-state index in [2.05, 4.69) is 9.97 Å². The molecule has 0 atom stereocenters. The Morgan fingerprint density at radius 2 is 1.33 bits per heavy atom. The number of non-ortho nitro benzene ring substituents is 1. The molecule has 39 heavy (non-hydrogen) atoms. The topological polar surface area (TPSA) is 162 Å². The molecule has 0 saturated carbocycles. The van der Waals surface area contributed by atoms with Crippen molar-refractivity contribution in [2.24, 2.45) is 0 Å². The van der Waals surface area contributed by atoms with Crippen molar-refractivity contribution in [1.82, 2.24) is 9.97 Å². The van der Waals surface area contributed by atoms with Gasteiger partial charge in [-0.25, -0.2) is 9.97 Å². The molecule has 11 heteroatoms. The van der Waals surface area contributed by atoms with Gasteiger partial charge in [-0.05, 0) is 36.4 Å². The average molecular weight is 519 g/mol. The highest BCUT2D eigenvalue weighted by Crippen LogP contribution is 2.32. The predicted molar refractivity (Wildman–Crippen MR) is 142 cm³/mol. The zero-order valence-corrected chi connectivity index (χ0v) is 20.1. The summed E-state index contributed by atoms with van der Waals surface area (Å²) < 4.78 is 11.2. The SMILES string of the molecule is N#CCc1c([N+](=O)[O-])ccc2nc(-c3ccccc3)oc12.O=[N+]([O-])c1ccc2nc(-c3ccccc3)oc2c1.